The Morgan fingerprint density at radius 2 is 2.45 bits per heavy atom. The number of aryl methyl sites for hydroxylation is 1. The minimum absolute atomic E-state index is 0.0799. The third-order valence-electron chi connectivity index (χ3n) is 3.17. The van der Waals surface area contributed by atoms with E-state index in [1.54, 1.807) is 35.7 Å². The average Bonchev–Trinajstić information content (AvgIpc) is 3.23. The van der Waals surface area contributed by atoms with Crippen LogP contribution < -0.4 is 5.32 Å². The highest BCUT2D eigenvalue weighted by atomic mass is 32.1. The smallest absolute Gasteiger partial charge is 0.267 e. The molecule has 22 heavy (non-hydrogen) atoms. The van der Waals surface area contributed by atoms with Gasteiger partial charge in [-0.05, 0) is 25.1 Å². The number of carbonyl (C=O) groups is 1. The second kappa shape index (κ2) is 6.17. The summed E-state index contributed by atoms with van der Waals surface area (Å²) in [7, 11) is 0. The van der Waals surface area contributed by atoms with Gasteiger partial charge >= 0.3 is 0 Å². The van der Waals surface area contributed by atoms with Gasteiger partial charge in [0.2, 0.25) is 0 Å². The molecule has 0 fully saturated rings. The molecule has 114 valence electrons. The number of hydrogen-bond donors (Lipinski definition) is 3. The van der Waals surface area contributed by atoms with E-state index in [0.29, 0.717) is 11.5 Å². The summed E-state index contributed by atoms with van der Waals surface area (Å²) in [4.78, 5) is 19.4. The maximum atomic E-state index is 12.1. The lowest BCUT2D eigenvalue weighted by Gasteiger charge is -2.08. The molecule has 0 spiro atoms. The van der Waals surface area contributed by atoms with Crippen molar-refractivity contribution in [1.29, 1.82) is 0 Å². The molecule has 3 heterocycles. The molecule has 3 N–H and O–H groups in total. The van der Waals surface area contributed by atoms with E-state index in [1.165, 1.54) is 6.26 Å². The first-order valence-corrected chi connectivity index (χ1v) is 7.62. The molecule has 0 saturated heterocycles. The van der Waals surface area contributed by atoms with Gasteiger partial charge in [0.25, 0.3) is 5.91 Å². The summed E-state index contributed by atoms with van der Waals surface area (Å²) in [6.45, 7) is 2.01. The zero-order chi connectivity index (χ0) is 15.5. The van der Waals surface area contributed by atoms with Crippen LogP contribution in [0.15, 0.2) is 40.5 Å². The van der Waals surface area contributed by atoms with Crippen LogP contribution in [0.3, 0.4) is 0 Å². The minimum atomic E-state index is -0.866. The molecule has 0 aliphatic rings. The molecule has 0 aromatic carbocycles. The molecule has 1 atom stereocenters. The van der Waals surface area contributed by atoms with Crippen molar-refractivity contribution in [1.82, 2.24) is 15.3 Å². The first-order valence-electron chi connectivity index (χ1n) is 6.74. The molecular formula is C15H15N3O3S. The lowest BCUT2D eigenvalue weighted by molar-refractivity contribution is 0.0897. The van der Waals surface area contributed by atoms with Crippen LogP contribution in [0.5, 0.6) is 0 Å². The fourth-order valence-electron chi connectivity index (χ4n) is 2.04. The maximum Gasteiger partial charge on any atom is 0.267 e. The highest BCUT2D eigenvalue weighted by Gasteiger charge is 2.15. The van der Waals surface area contributed by atoms with Crippen molar-refractivity contribution in [2.45, 2.75) is 13.0 Å². The Morgan fingerprint density at radius 3 is 3.14 bits per heavy atom. The van der Waals surface area contributed by atoms with E-state index in [9.17, 15) is 9.90 Å². The van der Waals surface area contributed by atoms with Gasteiger partial charge in [0.05, 0.1) is 23.5 Å². The topological polar surface area (TPSA) is 91.2 Å². The second-order valence-electron chi connectivity index (χ2n) is 4.80. The van der Waals surface area contributed by atoms with E-state index in [4.69, 9.17) is 4.42 Å². The van der Waals surface area contributed by atoms with Crippen LogP contribution in [0.4, 0.5) is 0 Å². The summed E-state index contributed by atoms with van der Waals surface area (Å²) in [5.41, 5.74) is 2.13. The molecule has 0 bridgehead atoms. The molecule has 6 nitrogen and oxygen atoms in total. The molecule has 1 amide bonds. The Kier molecular flexibility index (Phi) is 4.08. The second-order valence-corrected chi connectivity index (χ2v) is 5.86. The molecule has 1 unspecified atom stereocenters. The van der Waals surface area contributed by atoms with Crippen molar-refractivity contribution < 1.29 is 14.3 Å². The molecule has 0 saturated carbocycles. The predicted octanol–water partition coefficient (Wildman–Crippen LogP) is 2.50. The Balaban J connectivity index is 1.62. The monoisotopic (exact) mass is 317 g/mol. The van der Waals surface area contributed by atoms with Crippen LogP contribution in [0.1, 0.15) is 27.4 Å². The summed E-state index contributed by atoms with van der Waals surface area (Å²) < 4.78 is 5.08. The number of aliphatic hydroxyl groups excluding tert-OH is 1. The average molecular weight is 317 g/mol. The first-order chi connectivity index (χ1) is 10.6. The van der Waals surface area contributed by atoms with Crippen LogP contribution in [-0.2, 0) is 0 Å². The van der Waals surface area contributed by atoms with Gasteiger partial charge in [-0.25, -0.2) is 4.98 Å². The Hall–Kier alpha value is -2.38. The number of hydrogen-bond acceptors (Lipinski definition) is 5. The fraction of sp³-hybridized carbons (Fsp3) is 0.200. The van der Waals surface area contributed by atoms with Gasteiger partial charge in [0.1, 0.15) is 17.6 Å². The van der Waals surface area contributed by atoms with E-state index in [1.807, 2.05) is 12.3 Å². The van der Waals surface area contributed by atoms with E-state index < -0.39 is 6.10 Å². The molecular weight excluding hydrogens is 302 g/mol. The van der Waals surface area contributed by atoms with Crippen molar-refractivity contribution in [3.8, 4) is 11.3 Å². The first kappa shape index (κ1) is 14.6. The molecule has 3 aromatic heterocycles. The number of aromatic amines is 1. The highest BCUT2D eigenvalue weighted by Crippen LogP contribution is 2.22. The lowest BCUT2D eigenvalue weighted by Crippen LogP contribution is -2.28. The summed E-state index contributed by atoms with van der Waals surface area (Å²) in [5.74, 6) is 0.134. The number of rotatable bonds is 5. The van der Waals surface area contributed by atoms with Crippen molar-refractivity contribution in [3.05, 3.63) is 52.5 Å². The molecule has 7 heteroatoms. The van der Waals surface area contributed by atoms with Crippen molar-refractivity contribution in [2.75, 3.05) is 6.54 Å². The van der Waals surface area contributed by atoms with Crippen molar-refractivity contribution in [3.63, 3.8) is 0 Å². The number of thiazole rings is 1. The summed E-state index contributed by atoms with van der Waals surface area (Å²) in [6, 6.07) is 5.09. The van der Waals surface area contributed by atoms with Gasteiger partial charge < -0.3 is 19.8 Å². The van der Waals surface area contributed by atoms with E-state index in [2.05, 4.69) is 15.3 Å². The summed E-state index contributed by atoms with van der Waals surface area (Å²) in [5, 5.41) is 15.4. The van der Waals surface area contributed by atoms with Crippen LogP contribution in [0.2, 0.25) is 0 Å². The SMILES string of the molecule is Cc1nc(-c2c[nH]c(C(=O)NCC(O)c3ccco3)c2)cs1. The summed E-state index contributed by atoms with van der Waals surface area (Å²) >= 11 is 1.56. The predicted molar refractivity (Wildman–Crippen MR) is 82.6 cm³/mol. The Labute approximate surface area is 130 Å². The lowest BCUT2D eigenvalue weighted by atomic mass is 10.2. The van der Waals surface area contributed by atoms with Gasteiger partial charge in [-0.1, -0.05) is 0 Å². The quantitative estimate of drug-likeness (QED) is 0.674. The van der Waals surface area contributed by atoms with Gasteiger partial charge in [-0.3, -0.25) is 4.79 Å². The number of furan rings is 1. The van der Waals surface area contributed by atoms with Gasteiger partial charge in [-0.15, -0.1) is 11.3 Å². The van der Waals surface area contributed by atoms with Crippen LogP contribution in [0.25, 0.3) is 11.3 Å². The third-order valence-corrected chi connectivity index (χ3v) is 3.94. The highest BCUT2D eigenvalue weighted by molar-refractivity contribution is 7.09. The standard InChI is InChI=1S/C15H15N3O3S/c1-9-18-12(8-22-9)10-5-11(16-6-10)15(20)17-7-13(19)14-3-2-4-21-14/h2-6,8,13,16,19H,7H2,1H3,(H,17,20). The van der Waals surface area contributed by atoms with E-state index >= 15 is 0 Å². The number of aromatic nitrogens is 2. The van der Waals surface area contributed by atoms with Crippen LogP contribution in [-0.4, -0.2) is 27.5 Å². The number of nitrogens with one attached hydrogen (secondary N) is 2. The molecule has 0 aliphatic carbocycles. The van der Waals surface area contributed by atoms with E-state index in [-0.39, 0.29) is 12.5 Å². The minimum Gasteiger partial charge on any atom is -0.467 e. The zero-order valence-electron chi connectivity index (χ0n) is 11.9. The largest absolute Gasteiger partial charge is 0.467 e. The molecule has 3 rings (SSSR count). The molecule has 0 aliphatic heterocycles. The van der Waals surface area contributed by atoms with Crippen molar-refractivity contribution >= 4 is 17.2 Å². The van der Waals surface area contributed by atoms with Crippen LogP contribution in [0, 0.1) is 6.92 Å². The Morgan fingerprint density at radius 1 is 1.59 bits per heavy atom. The van der Waals surface area contributed by atoms with Crippen molar-refractivity contribution in [2.24, 2.45) is 0 Å². The van der Waals surface area contributed by atoms with Gasteiger partial charge in [0.15, 0.2) is 0 Å². The van der Waals surface area contributed by atoms with Gasteiger partial charge in [-0.2, -0.15) is 0 Å². The number of carbonyl (C=O) groups excluding carboxylic acids is 1. The zero-order valence-corrected chi connectivity index (χ0v) is 12.7. The Bertz CT molecular complexity index is 761. The van der Waals surface area contributed by atoms with Crippen LogP contribution >= 0.6 is 11.3 Å². The normalized spacial score (nSPS) is 12.3. The maximum absolute atomic E-state index is 12.1. The van der Waals surface area contributed by atoms with E-state index in [0.717, 1.165) is 16.3 Å². The molecule has 3 aromatic rings. The fourth-order valence-corrected chi connectivity index (χ4v) is 2.66. The number of aliphatic hydroxyl groups is 1. The number of H-pyrrole nitrogens is 1. The number of amides is 1. The van der Waals surface area contributed by atoms with Gasteiger partial charge in [0, 0.05) is 17.1 Å². The third kappa shape index (κ3) is 3.10. The summed E-state index contributed by atoms with van der Waals surface area (Å²) in [6.07, 6.45) is 2.36. The molecule has 0 radical (unpaired) electrons. The number of nitrogens with zero attached hydrogens (tertiary/aromatic N) is 1.